The van der Waals surface area contributed by atoms with Crippen LogP contribution in [-0.2, 0) is 11.3 Å². The van der Waals surface area contributed by atoms with Crippen LogP contribution >= 0.6 is 11.5 Å². The van der Waals surface area contributed by atoms with Gasteiger partial charge in [0.2, 0.25) is 5.88 Å². The van der Waals surface area contributed by atoms with Gasteiger partial charge >= 0.3 is 6.03 Å². The number of urea groups is 1. The minimum Gasteiger partial charge on any atom is -0.471 e. The molecular weight excluding hydrogens is 453 g/mol. The smallest absolute Gasteiger partial charge is 0.320 e. The van der Waals surface area contributed by atoms with Gasteiger partial charge in [-0.05, 0) is 42.6 Å². The lowest BCUT2D eigenvalue weighted by atomic mass is 10.1. The fourth-order valence-corrected chi connectivity index (χ4v) is 4.19. The first-order valence-electron chi connectivity index (χ1n) is 10.5. The highest BCUT2D eigenvalue weighted by Gasteiger charge is 2.23. The van der Waals surface area contributed by atoms with E-state index in [1.165, 1.54) is 6.07 Å². The molecule has 1 aromatic carbocycles. The van der Waals surface area contributed by atoms with Crippen LogP contribution in [0.5, 0.6) is 5.88 Å². The molecule has 33 heavy (non-hydrogen) atoms. The summed E-state index contributed by atoms with van der Waals surface area (Å²) in [5.74, 6) is -1.35. The Morgan fingerprint density at radius 2 is 2.09 bits per heavy atom. The molecule has 2 aromatic rings. The molecule has 1 atom stereocenters. The number of nitrogens with two attached hydrogens (primary N) is 1. The van der Waals surface area contributed by atoms with Gasteiger partial charge in [-0.25, -0.2) is 9.18 Å². The number of nitrogens with one attached hydrogen (secondary N) is 2. The lowest BCUT2D eigenvalue weighted by molar-refractivity contribution is 0.0154. The molecule has 0 saturated carbocycles. The number of aryl methyl sites for hydroxylation is 2. The number of nitrogens with zero attached hydrogens (tertiary/aromatic N) is 2. The predicted molar refractivity (Wildman–Crippen MR) is 121 cm³/mol. The Labute approximate surface area is 195 Å². The summed E-state index contributed by atoms with van der Waals surface area (Å²) in [5, 5.41) is 15.3. The molecule has 2 heterocycles. The average Bonchev–Trinajstić information content (AvgIpc) is 3.15. The van der Waals surface area contributed by atoms with Crippen molar-refractivity contribution in [1.82, 2.24) is 14.6 Å². The van der Waals surface area contributed by atoms with Crippen LogP contribution in [0.15, 0.2) is 12.1 Å². The molecule has 1 saturated heterocycles. The SMILES string of the molecule is Cc1cc(C)c(COc2nsc(NC(=O)NCC(O)CN3CCOCC3)c2C(N)=O)c(F)c1. The Hall–Kier alpha value is -2.80. The zero-order valence-electron chi connectivity index (χ0n) is 18.5. The van der Waals surface area contributed by atoms with Crippen LogP contribution in [0.4, 0.5) is 14.2 Å². The Morgan fingerprint density at radius 1 is 1.36 bits per heavy atom. The molecule has 3 rings (SSSR count). The number of morpholine rings is 1. The molecule has 0 spiro atoms. The fraction of sp³-hybridized carbons (Fsp3) is 0.476. The van der Waals surface area contributed by atoms with E-state index < -0.39 is 23.9 Å². The van der Waals surface area contributed by atoms with E-state index in [1.807, 2.05) is 11.0 Å². The van der Waals surface area contributed by atoms with Gasteiger partial charge in [0.25, 0.3) is 5.91 Å². The number of hydrogen-bond donors (Lipinski definition) is 4. The van der Waals surface area contributed by atoms with Crippen molar-refractivity contribution in [2.45, 2.75) is 26.6 Å². The van der Waals surface area contributed by atoms with Gasteiger partial charge in [0.1, 0.15) is 23.0 Å². The topological polar surface area (TPSA) is 139 Å². The number of carbonyl (C=O) groups excluding carboxylic acids is 2. The summed E-state index contributed by atoms with van der Waals surface area (Å²) in [6, 6.07) is 2.59. The van der Waals surface area contributed by atoms with Gasteiger partial charge in [0.15, 0.2) is 0 Å². The second-order valence-corrected chi connectivity index (χ2v) is 8.56. The first-order valence-corrected chi connectivity index (χ1v) is 11.2. The Kier molecular flexibility index (Phi) is 8.55. The molecule has 180 valence electrons. The highest BCUT2D eigenvalue weighted by molar-refractivity contribution is 7.11. The number of anilines is 1. The minimum absolute atomic E-state index is 0.0171. The van der Waals surface area contributed by atoms with E-state index in [9.17, 15) is 19.1 Å². The van der Waals surface area contributed by atoms with Crippen molar-refractivity contribution in [3.05, 3.63) is 40.2 Å². The second-order valence-electron chi connectivity index (χ2n) is 7.79. The molecule has 0 bridgehead atoms. The van der Waals surface area contributed by atoms with Gasteiger partial charge < -0.3 is 25.6 Å². The number of amides is 3. The number of ether oxygens (including phenoxy) is 2. The molecule has 1 fully saturated rings. The summed E-state index contributed by atoms with van der Waals surface area (Å²) in [7, 11) is 0. The number of hydrogen-bond acceptors (Lipinski definition) is 8. The number of primary amides is 1. The summed E-state index contributed by atoms with van der Waals surface area (Å²) in [6.07, 6.45) is -0.766. The second kappa shape index (κ2) is 11.4. The van der Waals surface area contributed by atoms with Crippen molar-refractivity contribution in [3.8, 4) is 5.88 Å². The van der Waals surface area contributed by atoms with E-state index >= 15 is 0 Å². The third-order valence-electron chi connectivity index (χ3n) is 5.12. The summed E-state index contributed by atoms with van der Waals surface area (Å²) in [6.45, 7) is 6.49. The van der Waals surface area contributed by atoms with E-state index in [-0.39, 0.29) is 29.6 Å². The Bertz CT molecular complexity index is 972. The summed E-state index contributed by atoms with van der Waals surface area (Å²) < 4.78 is 29.1. The maximum Gasteiger partial charge on any atom is 0.320 e. The number of halogens is 1. The number of benzene rings is 1. The van der Waals surface area contributed by atoms with Crippen LogP contribution in [0.3, 0.4) is 0 Å². The standard InChI is InChI=1S/C21H28FN5O5S/c1-12-7-13(2)15(16(22)8-12)11-32-19-17(18(23)29)20(33-26-19)25-21(30)24-9-14(28)10-27-3-5-31-6-4-27/h7-8,14,28H,3-6,9-11H2,1-2H3,(H2,23,29)(H2,24,25,30). The van der Waals surface area contributed by atoms with Gasteiger partial charge in [-0.1, -0.05) is 6.07 Å². The molecule has 10 nitrogen and oxygen atoms in total. The molecule has 1 aliphatic rings. The maximum atomic E-state index is 14.3. The number of aromatic nitrogens is 1. The third-order valence-corrected chi connectivity index (χ3v) is 5.87. The molecule has 0 radical (unpaired) electrons. The lowest BCUT2D eigenvalue weighted by Crippen LogP contribution is -2.45. The van der Waals surface area contributed by atoms with Crippen LogP contribution in [0.1, 0.15) is 27.0 Å². The monoisotopic (exact) mass is 481 g/mol. The highest BCUT2D eigenvalue weighted by atomic mass is 32.1. The maximum absolute atomic E-state index is 14.3. The van der Waals surface area contributed by atoms with E-state index in [4.69, 9.17) is 15.2 Å². The van der Waals surface area contributed by atoms with E-state index in [0.717, 1.165) is 30.2 Å². The van der Waals surface area contributed by atoms with Crippen molar-refractivity contribution in [2.75, 3.05) is 44.7 Å². The molecule has 5 N–H and O–H groups in total. The molecule has 1 unspecified atom stereocenters. The van der Waals surface area contributed by atoms with Crippen molar-refractivity contribution >= 4 is 28.5 Å². The number of carbonyl (C=O) groups is 2. The normalized spacial score (nSPS) is 15.2. The number of aliphatic hydroxyl groups excluding tert-OH is 1. The van der Waals surface area contributed by atoms with E-state index in [0.29, 0.717) is 30.9 Å². The number of aliphatic hydroxyl groups is 1. The van der Waals surface area contributed by atoms with Crippen LogP contribution in [0.2, 0.25) is 0 Å². The quantitative estimate of drug-likeness (QED) is 0.424. The van der Waals surface area contributed by atoms with Gasteiger partial charge in [-0.3, -0.25) is 15.0 Å². The Morgan fingerprint density at radius 3 is 2.76 bits per heavy atom. The third kappa shape index (κ3) is 6.84. The van der Waals surface area contributed by atoms with E-state index in [2.05, 4.69) is 15.0 Å². The zero-order chi connectivity index (χ0) is 24.0. The highest BCUT2D eigenvalue weighted by Crippen LogP contribution is 2.31. The lowest BCUT2D eigenvalue weighted by Gasteiger charge is -2.28. The van der Waals surface area contributed by atoms with Crippen LogP contribution < -0.4 is 21.1 Å². The van der Waals surface area contributed by atoms with Gasteiger partial charge in [-0.2, -0.15) is 4.37 Å². The number of β-amino-alcohol motifs (C(OH)–C–C–N with tert-alkyl or cyclic N) is 1. The molecule has 12 heteroatoms. The number of rotatable bonds is 9. The predicted octanol–water partition coefficient (Wildman–Crippen LogP) is 1.39. The minimum atomic E-state index is -0.845. The van der Waals surface area contributed by atoms with Gasteiger partial charge in [0, 0.05) is 31.7 Å². The fourth-order valence-electron chi connectivity index (χ4n) is 3.45. The summed E-state index contributed by atoms with van der Waals surface area (Å²) in [4.78, 5) is 26.3. The average molecular weight is 482 g/mol. The first-order chi connectivity index (χ1) is 15.7. The molecule has 0 aliphatic carbocycles. The molecule has 3 amide bonds. The largest absolute Gasteiger partial charge is 0.471 e. The van der Waals surface area contributed by atoms with Crippen molar-refractivity contribution in [1.29, 1.82) is 0 Å². The van der Waals surface area contributed by atoms with Gasteiger partial charge in [0.05, 0.1) is 19.3 Å². The van der Waals surface area contributed by atoms with Crippen LogP contribution in [-0.4, -0.2) is 71.8 Å². The van der Waals surface area contributed by atoms with Crippen molar-refractivity contribution in [2.24, 2.45) is 5.73 Å². The van der Waals surface area contributed by atoms with Crippen LogP contribution in [0, 0.1) is 19.7 Å². The Balaban J connectivity index is 1.57. The molecular formula is C21H28FN5O5S. The van der Waals surface area contributed by atoms with Gasteiger partial charge in [-0.15, -0.1) is 0 Å². The first kappa shape index (κ1) is 24.8. The summed E-state index contributed by atoms with van der Waals surface area (Å²) in [5.41, 5.74) is 7.18. The van der Waals surface area contributed by atoms with Crippen LogP contribution in [0.25, 0.3) is 0 Å². The zero-order valence-corrected chi connectivity index (χ0v) is 19.3. The van der Waals surface area contributed by atoms with Crippen molar-refractivity contribution < 1.29 is 28.6 Å². The van der Waals surface area contributed by atoms with E-state index in [1.54, 1.807) is 13.8 Å². The summed E-state index contributed by atoms with van der Waals surface area (Å²) >= 11 is 0.815. The molecule has 1 aromatic heterocycles. The van der Waals surface area contributed by atoms with Crippen molar-refractivity contribution in [3.63, 3.8) is 0 Å². The molecule has 1 aliphatic heterocycles.